The van der Waals surface area contributed by atoms with Crippen LogP contribution in [0.2, 0.25) is 0 Å². The van der Waals surface area contributed by atoms with Crippen LogP contribution < -0.4 is 0 Å². The zero-order valence-electron chi connectivity index (χ0n) is 8.50. The smallest absolute Gasteiger partial charge is 0.304 e. The summed E-state index contributed by atoms with van der Waals surface area (Å²) in [6, 6.07) is 0. The molecule has 0 fully saturated rings. The molecule has 0 radical (unpaired) electrons. The number of carboxylic acids is 1. The van der Waals surface area contributed by atoms with Gasteiger partial charge in [0.05, 0.1) is 13.0 Å². The van der Waals surface area contributed by atoms with Gasteiger partial charge in [0, 0.05) is 12.1 Å². The maximum Gasteiger partial charge on any atom is 0.304 e. The van der Waals surface area contributed by atoms with Crippen molar-refractivity contribution in [2.45, 2.75) is 32.7 Å². The van der Waals surface area contributed by atoms with Crippen molar-refractivity contribution in [1.82, 2.24) is 4.90 Å². The Morgan fingerprint density at radius 2 is 2.08 bits per heavy atom. The summed E-state index contributed by atoms with van der Waals surface area (Å²) in [5.74, 6) is 1.75. The molecule has 3 heteroatoms. The molecule has 0 bridgehead atoms. The van der Waals surface area contributed by atoms with E-state index < -0.39 is 5.97 Å². The first-order valence-corrected chi connectivity index (χ1v) is 4.28. The molecule has 0 spiro atoms. The Bertz CT molecular complexity index is 210. The second-order valence-electron chi connectivity index (χ2n) is 3.94. The molecule has 0 rings (SSSR count). The molecule has 0 amide bonds. The fourth-order valence-electron chi connectivity index (χ4n) is 0.992. The highest BCUT2D eigenvalue weighted by Crippen LogP contribution is 2.12. The number of hydrogen-bond acceptors (Lipinski definition) is 2. The fourth-order valence-corrected chi connectivity index (χ4v) is 0.992. The van der Waals surface area contributed by atoms with E-state index >= 15 is 0 Å². The molecule has 0 aromatic heterocycles. The zero-order chi connectivity index (χ0) is 10.5. The zero-order valence-corrected chi connectivity index (χ0v) is 8.50. The Hall–Kier alpha value is -1.01. The normalized spacial score (nSPS) is 11.3. The highest BCUT2D eigenvalue weighted by molar-refractivity contribution is 5.66. The van der Waals surface area contributed by atoms with Crippen molar-refractivity contribution in [3.8, 4) is 12.3 Å². The Balaban J connectivity index is 4.12. The molecule has 0 aromatic carbocycles. The molecule has 0 unspecified atom stereocenters. The summed E-state index contributed by atoms with van der Waals surface area (Å²) in [6.07, 6.45) is 5.33. The van der Waals surface area contributed by atoms with Crippen LogP contribution in [0.4, 0.5) is 0 Å². The van der Waals surface area contributed by atoms with Gasteiger partial charge in [0.1, 0.15) is 0 Å². The first-order valence-electron chi connectivity index (χ1n) is 4.28. The van der Waals surface area contributed by atoms with Crippen molar-refractivity contribution in [2.75, 3.05) is 13.1 Å². The van der Waals surface area contributed by atoms with E-state index in [1.54, 1.807) is 0 Å². The molecule has 0 aliphatic rings. The Morgan fingerprint density at radius 1 is 1.54 bits per heavy atom. The largest absolute Gasteiger partial charge is 0.481 e. The number of nitrogens with zero attached hydrogens (tertiary/aromatic N) is 1. The van der Waals surface area contributed by atoms with Crippen molar-refractivity contribution >= 4 is 5.97 Å². The van der Waals surface area contributed by atoms with Crippen LogP contribution in [0.15, 0.2) is 0 Å². The predicted octanol–water partition coefficient (Wildman–Crippen LogP) is 1.19. The van der Waals surface area contributed by atoms with E-state index in [0.717, 1.165) is 0 Å². The highest BCUT2D eigenvalue weighted by atomic mass is 16.4. The second-order valence-corrected chi connectivity index (χ2v) is 3.94. The molecule has 0 saturated carbocycles. The molecular weight excluding hydrogens is 166 g/mol. The lowest BCUT2D eigenvalue weighted by atomic mass is 10.1. The van der Waals surface area contributed by atoms with Crippen molar-refractivity contribution in [1.29, 1.82) is 0 Å². The van der Waals surface area contributed by atoms with Crippen molar-refractivity contribution < 1.29 is 9.90 Å². The minimum absolute atomic E-state index is 0.0676. The van der Waals surface area contributed by atoms with Crippen LogP contribution in [0.25, 0.3) is 0 Å². The second kappa shape index (κ2) is 4.88. The molecule has 1 N–H and O–H groups in total. The first-order chi connectivity index (χ1) is 5.88. The van der Waals surface area contributed by atoms with Crippen molar-refractivity contribution in [2.24, 2.45) is 0 Å². The molecule has 0 heterocycles. The van der Waals surface area contributed by atoms with Crippen LogP contribution in [0.5, 0.6) is 0 Å². The number of carbonyl (C=O) groups is 1. The molecule has 0 aliphatic heterocycles. The summed E-state index contributed by atoms with van der Waals surface area (Å²) < 4.78 is 0. The molecule has 0 aliphatic carbocycles. The van der Waals surface area contributed by atoms with E-state index in [4.69, 9.17) is 11.5 Å². The Morgan fingerprint density at radius 3 is 2.38 bits per heavy atom. The molecule has 74 valence electrons. The van der Waals surface area contributed by atoms with E-state index in [9.17, 15) is 4.79 Å². The van der Waals surface area contributed by atoms with Gasteiger partial charge in [-0.05, 0) is 20.8 Å². The number of aliphatic carboxylic acids is 1. The van der Waals surface area contributed by atoms with Gasteiger partial charge in [-0.1, -0.05) is 5.92 Å². The third-order valence-corrected chi connectivity index (χ3v) is 1.83. The summed E-state index contributed by atoms with van der Waals surface area (Å²) in [4.78, 5) is 12.3. The summed E-state index contributed by atoms with van der Waals surface area (Å²) in [5.41, 5.74) is -0.0676. The lowest BCUT2D eigenvalue weighted by molar-refractivity contribution is -0.137. The third kappa shape index (κ3) is 5.26. The van der Waals surface area contributed by atoms with Crippen LogP contribution in [0.3, 0.4) is 0 Å². The topological polar surface area (TPSA) is 40.5 Å². The van der Waals surface area contributed by atoms with Gasteiger partial charge in [0.25, 0.3) is 0 Å². The van der Waals surface area contributed by atoms with E-state index in [1.807, 2.05) is 25.7 Å². The molecular formula is C10H17NO2. The van der Waals surface area contributed by atoms with E-state index in [0.29, 0.717) is 13.1 Å². The quantitative estimate of drug-likeness (QED) is 0.666. The van der Waals surface area contributed by atoms with Crippen molar-refractivity contribution in [3.63, 3.8) is 0 Å². The molecule has 3 nitrogen and oxygen atoms in total. The minimum atomic E-state index is -0.786. The predicted molar refractivity (Wildman–Crippen MR) is 52.4 cm³/mol. The van der Waals surface area contributed by atoms with Crippen LogP contribution in [-0.2, 0) is 4.79 Å². The lowest BCUT2D eigenvalue weighted by Gasteiger charge is -2.33. The van der Waals surface area contributed by atoms with Crippen LogP contribution in [-0.4, -0.2) is 34.6 Å². The SMILES string of the molecule is C#CCN(CCC(=O)O)C(C)(C)C. The van der Waals surface area contributed by atoms with Gasteiger partial charge in [0.15, 0.2) is 0 Å². The minimum Gasteiger partial charge on any atom is -0.481 e. The van der Waals surface area contributed by atoms with Crippen LogP contribution >= 0.6 is 0 Å². The van der Waals surface area contributed by atoms with E-state index in [-0.39, 0.29) is 12.0 Å². The monoisotopic (exact) mass is 183 g/mol. The summed E-state index contributed by atoms with van der Waals surface area (Å²) in [5, 5.41) is 8.52. The van der Waals surface area contributed by atoms with Gasteiger partial charge >= 0.3 is 5.97 Å². The maximum absolute atomic E-state index is 10.4. The molecule has 0 atom stereocenters. The number of terminal acetylenes is 1. The molecule has 13 heavy (non-hydrogen) atoms. The molecule has 0 saturated heterocycles. The summed E-state index contributed by atoms with van der Waals surface area (Å²) >= 11 is 0. The fraction of sp³-hybridized carbons (Fsp3) is 0.700. The Kier molecular flexibility index (Phi) is 4.50. The number of hydrogen-bond donors (Lipinski definition) is 1. The van der Waals surface area contributed by atoms with Gasteiger partial charge in [-0.3, -0.25) is 9.69 Å². The molecule has 0 aromatic rings. The highest BCUT2D eigenvalue weighted by Gasteiger charge is 2.20. The van der Waals surface area contributed by atoms with Gasteiger partial charge in [-0.2, -0.15) is 0 Å². The van der Waals surface area contributed by atoms with Gasteiger partial charge < -0.3 is 5.11 Å². The van der Waals surface area contributed by atoms with Gasteiger partial charge in [-0.25, -0.2) is 0 Å². The average Bonchev–Trinajstić information content (AvgIpc) is 1.95. The standard InChI is InChI=1S/C10H17NO2/c1-5-7-11(10(2,3)4)8-6-9(12)13/h1H,6-8H2,2-4H3,(H,12,13). The number of carboxylic acid groups (broad SMARTS) is 1. The Labute approximate surface area is 79.7 Å². The maximum atomic E-state index is 10.4. The van der Waals surface area contributed by atoms with Gasteiger partial charge in [-0.15, -0.1) is 6.42 Å². The van der Waals surface area contributed by atoms with E-state index in [2.05, 4.69) is 5.92 Å². The van der Waals surface area contributed by atoms with Gasteiger partial charge in [0.2, 0.25) is 0 Å². The van der Waals surface area contributed by atoms with Crippen LogP contribution in [0.1, 0.15) is 27.2 Å². The van der Waals surface area contributed by atoms with Crippen LogP contribution in [0, 0.1) is 12.3 Å². The summed E-state index contributed by atoms with van der Waals surface area (Å²) in [6.45, 7) is 7.06. The number of rotatable bonds is 4. The lowest BCUT2D eigenvalue weighted by Crippen LogP contribution is -2.42. The van der Waals surface area contributed by atoms with Crippen molar-refractivity contribution in [3.05, 3.63) is 0 Å². The first kappa shape index (κ1) is 12.0. The average molecular weight is 183 g/mol. The van der Waals surface area contributed by atoms with E-state index in [1.165, 1.54) is 0 Å². The third-order valence-electron chi connectivity index (χ3n) is 1.83. The summed E-state index contributed by atoms with van der Waals surface area (Å²) in [7, 11) is 0.